The van der Waals surface area contributed by atoms with Gasteiger partial charge >= 0.3 is 13.6 Å². The van der Waals surface area contributed by atoms with E-state index in [4.69, 9.17) is 14.2 Å². The Labute approximate surface area is 259 Å². The Morgan fingerprint density at radius 2 is 1.30 bits per heavy atom. The SMILES string of the molecule is Cc1ccc(OP(=O)(CN[C@@H](Cc2ccc(-c3ccccc3)cc2)C(=O)NCCC(=O)O)Oc2ccc(C)c(C)c2)cc1C. The van der Waals surface area contributed by atoms with Crippen molar-refractivity contribution in [2.75, 3.05) is 12.8 Å². The van der Waals surface area contributed by atoms with Crippen LogP contribution < -0.4 is 19.7 Å². The monoisotopic (exact) mass is 614 g/mol. The van der Waals surface area contributed by atoms with Crippen LogP contribution in [-0.2, 0) is 20.6 Å². The van der Waals surface area contributed by atoms with Gasteiger partial charge in [-0.3, -0.25) is 14.9 Å². The topological polar surface area (TPSA) is 114 Å². The first-order valence-electron chi connectivity index (χ1n) is 14.5. The van der Waals surface area contributed by atoms with Crippen molar-refractivity contribution in [3.63, 3.8) is 0 Å². The van der Waals surface area contributed by atoms with E-state index in [9.17, 15) is 14.2 Å². The fourth-order valence-electron chi connectivity index (χ4n) is 4.54. The smallest absolute Gasteiger partial charge is 0.444 e. The first kappa shape index (κ1) is 32.5. The second kappa shape index (κ2) is 14.9. The maximum Gasteiger partial charge on any atom is 0.444 e. The summed E-state index contributed by atoms with van der Waals surface area (Å²) in [5, 5.41) is 14.8. The minimum atomic E-state index is -3.91. The maximum atomic E-state index is 14.3. The summed E-state index contributed by atoms with van der Waals surface area (Å²) >= 11 is 0. The molecular weight excluding hydrogens is 575 g/mol. The van der Waals surface area contributed by atoms with E-state index in [1.165, 1.54) is 0 Å². The van der Waals surface area contributed by atoms with Gasteiger partial charge in [-0.1, -0.05) is 66.7 Å². The normalized spacial score (nSPS) is 11.9. The van der Waals surface area contributed by atoms with Crippen molar-refractivity contribution < 1.29 is 28.3 Å². The number of carboxylic acid groups (broad SMARTS) is 1. The van der Waals surface area contributed by atoms with Gasteiger partial charge in [0.2, 0.25) is 5.91 Å². The van der Waals surface area contributed by atoms with E-state index in [1.807, 2.05) is 94.4 Å². The summed E-state index contributed by atoms with van der Waals surface area (Å²) in [7, 11) is -3.91. The van der Waals surface area contributed by atoms with Gasteiger partial charge in [0.15, 0.2) is 0 Å². The summed E-state index contributed by atoms with van der Waals surface area (Å²) in [6, 6.07) is 27.8. The largest absolute Gasteiger partial charge is 0.481 e. The van der Waals surface area contributed by atoms with Crippen molar-refractivity contribution in [1.82, 2.24) is 10.6 Å². The predicted octanol–water partition coefficient (Wildman–Crippen LogP) is 6.99. The quantitative estimate of drug-likeness (QED) is 0.131. The summed E-state index contributed by atoms with van der Waals surface area (Å²) in [5.41, 5.74) is 7.07. The zero-order valence-corrected chi connectivity index (χ0v) is 26.4. The minimum Gasteiger partial charge on any atom is -0.481 e. The molecular formula is C35H39N2O6P. The molecule has 44 heavy (non-hydrogen) atoms. The first-order valence-corrected chi connectivity index (χ1v) is 16.2. The molecule has 4 rings (SSSR count). The van der Waals surface area contributed by atoms with Crippen molar-refractivity contribution in [2.24, 2.45) is 0 Å². The molecule has 3 N–H and O–H groups in total. The van der Waals surface area contributed by atoms with Crippen LogP contribution in [-0.4, -0.2) is 35.9 Å². The van der Waals surface area contributed by atoms with E-state index in [-0.39, 0.29) is 25.7 Å². The fraction of sp³-hybridized carbons (Fsp3) is 0.257. The third-order valence-corrected chi connectivity index (χ3v) is 8.98. The Bertz CT molecular complexity index is 1580. The molecule has 0 saturated carbocycles. The van der Waals surface area contributed by atoms with Gasteiger partial charge in [-0.25, -0.2) is 4.57 Å². The van der Waals surface area contributed by atoms with Crippen LogP contribution in [0.25, 0.3) is 11.1 Å². The molecule has 0 aliphatic rings. The summed E-state index contributed by atoms with van der Waals surface area (Å²) in [4.78, 5) is 24.3. The number of carboxylic acids is 1. The van der Waals surface area contributed by atoms with Crippen LogP contribution in [0.3, 0.4) is 0 Å². The van der Waals surface area contributed by atoms with Crippen molar-refractivity contribution in [3.8, 4) is 22.6 Å². The third-order valence-electron chi connectivity index (χ3n) is 7.43. The van der Waals surface area contributed by atoms with Crippen LogP contribution in [0.1, 0.15) is 34.2 Å². The highest BCUT2D eigenvalue weighted by molar-refractivity contribution is 7.54. The Balaban J connectivity index is 1.57. The van der Waals surface area contributed by atoms with E-state index in [1.54, 1.807) is 24.3 Å². The number of carbonyl (C=O) groups is 2. The van der Waals surface area contributed by atoms with Gasteiger partial charge < -0.3 is 19.5 Å². The molecule has 0 spiro atoms. The molecule has 0 unspecified atom stereocenters. The fourth-order valence-corrected chi connectivity index (χ4v) is 6.02. The van der Waals surface area contributed by atoms with Crippen LogP contribution >= 0.6 is 7.60 Å². The second-order valence-corrected chi connectivity index (χ2v) is 12.8. The lowest BCUT2D eigenvalue weighted by Crippen LogP contribution is -2.46. The summed E-state index contributed by atoms with van der Waals surface area (Å²) < 4.78 is 26.4. The Morgan fingerprint density at radius 1 is 0.750 bits per heavy atom. The maximum absolute atomic E-state index is 14.3. The molecule has 0 aliphatic carbocycles. The molecule has 0 radical (unpaired) electrons. The van der Waals surface area contributed by atoms with Gasteiger partial charge in [0.05, 0.1) is 12.5 Å². The molecule has 230 valence electrons. The van der Waals surface area contributed by atoms with Crippen molar-refractivity contribution >= 4 is 19.5 Å². The van der Waals surface area contributed by atoms with Gasteiger partial charge in [-0.05, 0) is 97.3 Å². The van der Waals surface area contributed by atoms with E-state index < -0.39 is 25.5 Å². The zero-order valence-electron chi connectivity index (χ0n) is 25.5. The van der Waals surface area contributed by atoms with Crippen molar-refractivity contribution in [3.05, 3.63) is 119 Å². The second-order valence-electron chi connectivity index (χ2n) is 10.9. The molecule has 0 aromatic heterocycles. The lowest BCUT2D eigenvalue weighted by Gasteiger charge is -2.24. The molecule has 1 amide bonds. The minimum absolute atomic E-state index is 0.0325. The Morgan fingerprint density at radius 3 is 1.82 bits per heavy atom. The highest BCUT2D eigenvalue weighted by Gasteiger charge is 2.31. The van der Waals surface area contributed by atoms with Gasteiger partial charge in [-0.2, -0.15) is 0 Å². The summed E-state index contributed by atoms with van der Waals surface area (Å²) in [5.74, 6) is -0.649. The molecule has 0 saturated heterocycles. The van der Waals surface area contributed by atoms with Crippen LogP contribution in [0.15, 0.2) is 91.0 Å². The molecule has 0 aliphatic heterocycles. The van der Waals surface area contributed by atoms with Crippen LogP contribution in [0.4, 0.5) is 0 Å². The summed E-state index contributed by atoms with van der Waals surface area (Å²) in [6.45, 7) is 7.80. The molecule has 1 atom stereocenters. The number of rotatable bonds is 14. The highest BCUT2D eigenvalue weighted by atomic mass is 31.2. The van der Waals surface area contributed by atoms with Crippen molar-refractivity contribution in [2.45, 2.75) is 46.6 Å². The van der Waals surface area contributed by atoms with Crippen molar-refractivity contribution in [1.29, 1.82) is 0 Å². The predicted molar refractivity (Wildman–Crippen MR) is 173 cm³/mol. The number of benzene rings is 4. The first-order chi connectivity index (χ1) is 21.0. The number of hydrogen-bond donors (Lipinski definition) is 3. The molecule has 0 fully saturated rings. The van der Waals surface area contributed by atoms with Gasteiger partial charge in [-0.15, -0.1) is 0 Å². The zero-order chi connectivity index (χ0) is 31.7. The summed E-state index contributed by atoms with van der Waals surface area (Å²) in [6.07, 6.45) is -0.221. The Kier molecular flexibility index (Phi) is 11.0. The van der Waals surface area contributed by atoms with Gasteiger partial charge in [0, 0.05) is 6.54 Å². The van der Waals surface area contributed by atoms with Gasteiger partial charge in [0.25, 0.3) is 0 Å². The molecule has 8 nitrogen and oxygen atoms in total. The van der Waals surface area contributed by atoms with E-state index in [0.29, 0.717) is 11.5 Å². The van der Waals surface area contributed by atoms with Crippen LogP contribution in [0, 0.1) is 27.7 Å². The Hall–Kier alpha value is -4.39. The number of hydrogen-bond acceptors (Lipinski definition) is 6. The molecule has 9 heteroatoms. The number of aliphatic carboxylic acids is 1. The molecule has 4 aromatic rings. The number of amides is 1. The number of nitrogens with one attached hydrogen (secondary N) is 2. The number of aryl methyl sites for hydroxylation is 4. The van der Waals surface area contributed by atoms with E-state index in [2.05, 4.69) is 10.6 Å². The van der Waals surface area contributed by atoms with E-state index in [0.717, 1.165) is 38.9 Å². The average molecular weight is 615 g/mol. The number of carbonyl (C=O) groups excluding carboxylic acids is 1. The lowest BCUT2D eigenvalue weighted by molar-refractivity contribution is -0.137. The molecule has 0 bridgehead atoms. The van der Waals surface area contributed by atoms with Crippen LogP contribution in [0.5, 0.6) is 11.5 Å². The van der Waals surface area contributed by atoms with Gasteiger partial charge in [0.1, 0.15) is 17.8 Å². The third kappa shape index (κ3) is 9.30. The lowest BCUT2D eigenvalue weighted by atomic mass is 10.0. The highest BCUT2D eigenvalue weighted by Crippen LogP contribution is 2.48. The molecule has 0 heterocycles. The van der Waals surface area contributed by atoms with E-state index >= 15 is 0 Å². The average Bonchev–Trinajstić information content (AvgIpc) is 2.99. The van der Waals surface area contributed by atoms with Crippen LogP contribution in [0.2, 0.25) is 0 Å². The molecule has 4 aromatic carbocycles. The standard InChI is InChI=1S/C35H39N2O6P/c1-24-10-16-31(20-26(24)3)42-44(41,43-32-17-11-25(2)27(4)21-32)23-37-33(35(40)36-19-18-34(38)39)22-28-12-14-30(15-13-28)29-8-6-5-7-9-29/h5-17,20-21,33,37H,18-19,22-23H2,1-4H3,(H,36,40)(H,38,39)/t33-/m0/s1.